The Morgan fingerprint density at radius 2 is 1.63 bits per heavy atom. The lowest BCUT2D eigenvalue weighted by atomic mass is 10.2. The summed E-state index contributed by atoms with van der Waals surface area (Å²) in [5, 5.41) is 9.62. The van der Waals surface area contributed by atoms with Gasteiger partial charge >= 0.3 is 0 Å². The highest BCUT2D eigenvalue weighted by atomic mass is 14.6. The van der Waals surface area contributed by atoms with Crippen LogP contribution in [0.25, 0.3) is 10.9 Å². The number of aromatic nitrogens is 1. The van der Waals surface area contributed by atoms with Crippen molar-refractivity contribution in [3.63, 3.8) is 0 Å². The fourth-order valence-corrected chi connectivity index (χ4v) is 1.59. The second kappa shape index (κ2) is 6.18. The van der Waals surface area contributed by atoms with Gasteiger partial charge in [-0.15, -0.1) is 0 Å². The molecule has 0 unspecified atom stereocenters. The van der Waals surface area contributed by atoms with E-state index < -0.39 is 0 Å². The number of rotatable bonds is 0. The van der Waals surface area contributed by atoms with E-state index >= 15 is 0 Å². The van der Waals surface area contributed by atoms with Crippen LogP contribution in [0.15, 0.2) is 66.9 Å². The molecule has 92 valence electrons. The predicted molar refractivity (Wildman–Crippen MR) is 77.3 cm³/mol. The Morgan fingerprint density at radius 3 is 2.26 bits per heavy atom. The molecule has 3 aromatic rings. The summed E-state index contributed by atoms with van der Waals surface area (Å²) in [4.78, 5) is 4.13. The summed E-state index contributed by atoms with van der Waals surface area (Å²) in [7, 11) is 0. The molecule has 0 aliphatic heterocycles. The smallest absolute Gasteiger partial charge is 0.101 e. The van der Waals surface area contributed by atoms with E-state index in [-0.39, 0.29) is 0 Å². The maximum absolute atomic E-state index is 8.61. The molecular weight excluding hydrogens is 234 g/mol. The number of nitrogens with two attached hydrogens (primary N) is 1. The second-order valence-electron chi connectivity index (χ2n) is 3.94. The van der Waals surface area contributed by atoms with Gasteiger partial charge in [0.25, 0.3) is 0 Å². The number of fused-ring (bicyclic) bond motifs is 1. The first-order valence-corrected chi connectivity index (χ1v) is 5.85. The summed E-state index contributed by atoms with van der Waals surface area (Å²) in [5.41, 5.74) is 7.71. The highest BCUT2D eigenvalue weighted by Crippen LogP contribution is 2.11. The number of nitrogens with zero attached hydrogens (tertiary/aromatic N) is 2. The van der Waals surface area contributed by atoms with E-state index in [2.05, 4.69) is 11.1 Å². The van der Waals surface area contributed by atoms with E-state index in [4.69, 9.17) is 11.0 Å². The van der Waals surface area contributed by atoms with Crippen molar-refractivity contribution in [2.75, 3.05) is 5.73 Å². The molecule has 0 saturated carbocycles. The Morgan fingerprint density at radius 1 is 0.947 bits per heavy atom. The number of hydrogen-bond donors (Lipinski definition) is 1. The number of nitrogen functional groups attached to an aromatic ring is 1. The molecular formula is C16H13N3. The minimum Gasteiger partial charge on any atom is -0.399 e. The molecule has 2 N–H and O–H groups in total. The summed E-state index contributed by atoms with van der Waals surface area (Å²) < 4.78 is 0. The number of pyridine rings is 1. The van der Waals surface area contributed by atoms with Crippen molar-refractivity contribution in [3.05, 3.63) is 72.4 Å². The fourth-order valence-electron chi connectivity index (χ4n) is 1.59. The molecule has 3 nitrogen and oxygen atoms in total. The number of nitriles is 1. The summed E-state index contributed by atoms with van der Waals surface area (Å²) in [6.07, 6.45) is 1.59. The van der Waals surface area contributed by atoms with Gasteiger partial charge in [0, 0.05) is 17.3 Å². The predicted octanol–water partition coefficient (Wildman–Crippen LogP) is 3.38. The van der Waals surface area contributed by atoms with Gasteiger partial charge in [0.15, 0.2) is 0 Å². The zero-order valence-electron chi connectivity index (χ0n) is 10.3. The van der Waals surface area contributed by atoms with E-state index in [1.165, 1.54) is 0 Å². The normalized spacial score (nSPS) is 9.21. The van der Waals surface area contributed by atoms with Crippen molar-refractivity contribution in [2.24, 2.45) is 0 Å². The maximum atomic E-state index is 8.61. The topological polar surface area (TPSA) is 62.7 Å². The summed E-state index contributed by atoms with van der Waals surface area (Å²) in [5.74, 6) is 0. The summed E-state index contributed by atoms with van der Waals surface area (Å²) >= 11 is 0. The van der Waals surface area contributed by atoms with E-state index in [1.807, 2.05) is 60.7 Å². The Bertz CT molecular complexity index is 700. The van der Waals surface area contributed by atoms with Crippen molar-refractivity contribution < 1.29 is 0 Å². The number of para-hydroxylation sites is 2. The molecule has 1 aromatic heterocycles. The Kier molecular flexibility index (Phi) is 4.09. The van der Waals surface area contributed by atoms with E-state index in [0.29, 0.717) is 5.56 Å². The molecule has 2 aromatic carbocycles. The van der Waals surface area contributed by atoms with E-state index in [9.17, 15) is 0 Å². The standard InChI is InChI=1S/C10H6N2.C6H7N/c11-6-8-5-9-3-1-2-4-10(9)12-7-8;7-6-4-2-1-3-5-6/h1-5,7H;1-5H,7H2. The fraction of sp³-hybridized carbons (Fsp3) is 0. The molecule has 19 heavy (non-hydrogen) atoms. The third kappa shape index (κ3) is 3.55. The highest BCUT2D eigenvalue weighted by molar-refractivity contribution is 5.79. The lowest BCUT2D eigenvalue weighted by Crippen LogP contribution is -1.80. The number of benzene rings is 2. The van der Waals surface area contributed by atoms with Crippen LogP contribution in [0.3, 0.4) is 0 Å². The molecule has 1 heterocycles. The van der Waals surface area contributed by atoms with Crippen molar-refractivity contribution in [3.8, 4) is 6.07 Å². The largest absolute Gasteiger partial charge is 0.399 e. The molecule has 0 spiro atoms. The molecule has 0 fully saturated rings. The van der Waals surface area contributed by atoms with Gasteiger partial charge in [0.2, 0.25) is 0 Å². The molecule has 0 atom stereocenters. The van der Waals surface area contributed by atoms with Crippen LogP contribution in [0.4, 0.5) is 5.69 Å². The van der Waals surface area contributed by atoms with Gasteiger partial charge in [-0.2, -0.15) is 5.26 Å². The lowest BCUT2D eigenvalue weighted by Gasteiger charge is -1.94. The van der Waals surface area contributed by atoms with E-state index in [0.717, 1.165) is 16.6 Å². The molecule has 0 saturated heterocycles. The first-order chi connectivity index (χ1) is 9.29. The molecule has 0 aliphatic rings. The molecule has 3 rings (SSSR count). The Labute approximate surface area is 111 Å². The average Bonchev–Trinajstić information content (AvgIpc) is 2.48. The lowest BCUT2D eigenvalue weighted by molar-refractivity contribution is 1.37. The van der Waals surface area contributed by atoms with Crippen LogP contribution in [0, 0.1) is 11.3 Å². The zero-order chi connectivity index (χ0) is 13.5. The van der Waals surface area contributed by atoms with Crippen LogP contribution in [0.5, 0.6) is 0 Å². The SMILES string of the molecule is N#Cc1cnc2ccccc2c1.Nc1ccccc1. The zero-order valence-corrected chi connectivity index (χ0v) is 10.3. The van der Waals surface area contributed by atoms with Crippen molar-refractivity contribution in [2.45, 2.75) is 0 Å². The minimum atomic E-state index is 0.605. The van der Waals surface area contributed by atoms with Crippen LogP contribution in [-0.2, 0) is 0 Å². The molecule has 0 amide bonds. The average molecular weight is 247 g/mol. The molecule has 3 heteroatoms. The van der Waals surface area contributed by atoms with Gasteiger partial charge in [-0.3, -0.25) is 4.98 Å². The Balaban J connectivity index is 0.000000163. The van der Waals surface area contributed by atoms with Crippen molar-refractivity contribution in [1.82, 2.24) is 4.98 Å². The van der Waals surface area contributed by atoms with Crippen LogP contribution >= 0.6 is 0 Å². The molecule has 0 aliphatic carbocycles. The van der Waals surface area contributed by atoms with Crippen LogP contribution in [0.1, 0.15) is 5.56 Å². The third-order valence-electron chi connectivity index (χ3n) is 2.52. The van der Waals surface area contributed by atoms with Gasteiger partial charge in [0.05, 0.1) is 11.1 Å². The van der Waals surface area contributed by atoms with Gasteiger partial charge in [-0.25, -0.2) is 0 Å². The van der Waals surface area contributed by atoms with Gasteiger partial charge < -0.3 is 5.73 Å². The summed E-state index contributed by atoms with van der Waals surface area (Å²) in [6.45, 7) is 0. The quantitative estimate of drug-likeness (QED) is 0.619. The van der Waals surface area contributed by atoms with Crippen molar-refractivity contribution >= 4 is 16.6 Å². The first kappa shape index (κ1) is 12.6. The van der Waals surface area contributed by atoms with Crippen LogP contribution in [0.2, 0.25) is 0 Å². The molecule has 0 radical (unpaired) electrons. The van der Waals surface area contributed by atoms with Crippen LogP contribution in [-0.4, -0.2) is 4.98 Å². The van der Waals surface area contributed by atoms with Crippen molar-refractivity contribution in [1.29, 1.82) is 5.26 Å². The first-order valence-electron chi connectivity index (χ1n) is 5.85. The van der Waals surface area contributed by atoms with Gasteiger partial charge in [-0.05, 0) is 24.3 Å². The molecule has 0 bridgehead atoms. The minimum absolute atomic E-state index is 0.605. The maximum Gasteiger partial charge on any atom is 0.101 e. The van der Waals surface area contributed by atoms with E-state index in [1.54, 1.807) is 6.20 Å². The number of hydrogen-bond acceptors (Lipinski definition) is 3. The van der Waals surface area contributed by atoms with Crippen LogP contribution < -0.4 is 5.73 Å². The number of anilines is 1. The third-order valence-corrected chi connectivity index (χ3v) is 2.52. The van der Waals surface area contributed by atoms with Gasteiger partial charge in [-0.1, -0.05) is 36.4 Å². The monoisotopic (exact) mass is 247 g/mol. The van der Waals surface area contributed by atoms with Gasteiger partial charge in [0.1, 0.15) is 6.07 Å². The highest BCUT2D eigenvalue weighted by Gasteiger charge is 1.94. The second-order valence-corrected chi connectivity index (χ2v) is 3.94. The Hall–Kier alpha value is -2.86. The summed E-state index contributed by atoms with van der Waals surface area (Å²) in [6, 6.07) is 21.1.